The molecule has 0 atom stereocenters. The molecule has 4 nitrogen and oxygen atoms in total. The Balaban J connectivity index is 2.98. The van der Waals surface area contributed by atoms with Crippen molar-refractivity contribution in [1.29, 1.82) is 0 Å². The highest BCUT2D eigenvalue weighted by molar-refractivity contribution is 9.10. The summed E-state index contributed by atoms with van der Waals surface area (Å²) < 4.78 is 9.36. The third-order valence-corrected chi connectivity index (χ3v) is 2.29. The highest BCUT2D eigenvalue weighted by atomic mass is 79.9. The van der Waals surface area contributed by atoms with Crippen molar-refractivity contribution >= 4 is 28.2 Å². The highest BCUT2D eigenvalue weighted by Crippen LogP contribution is 2.25. The number of hydrogen-bond acceptors (Lipinski definition) is 4. The maximum atomic E-state index is 11.6. The molecule has 0 amide bonds. The zero-order valence-electron chi connectivity index (χ0n) is 9.82. The minimum absolute atomic E-state index is 0.281. The lowest BCUT2D eigenvalue weighted by molar-refractivity contribution is -0.136. The minimum Gasteiger partial charge on any atom is -0.497 e. The molecular formula is C12H13BrO4. The monoisotopic (exact) mass is 300 g/mol. The van der Waals surface area contributed by atoms with Crippen molar-refractivity contribution in [2.45, 2.75) is 18.2 Å². The summed E-state index contributed by atoms with van der Waals surface area (Å²) >= 11 is 3.20. The number of benzene rings is 1. The van der Waals surface area contributed by atoms with E-state index in [0.717, 1.165) is 0 Å². The smallest absolute Gasteiger partial charge is 0.327 e. The second-order valence-electron chi connectivity index (χ2n) is 3.92. The van der Waals surface area contributed by atoms with Crippen LogP contribution in [0.25, 0.3) is 0 Å². The largest absolute Gasteiger partial charge is 0.497 e. The standard InChI is InChI=1S/C12H13BrO4/c1-12(2,13)11(15)17-10-5-8(7-14)4-9(6-10)16-3/h4-7H,1-3H3. The van der Waals surface area contributed by atoms with Crippen molar-refractivity contribution in [1.82, 2.24) is 0 Å². The molecule has 0 unspecified atom stereocenters. The second-order valence-corrected chi connectivity index (χ2v) is 5.90. The zero-order valence-corrected chi connectivity index (χ0v) is 11.4. The fourth-order valence-electron chi connectivity index (χ4n) is 1.07. The van der Waals surface area contributed by atoms with Crippen molar-refractivity contribution in [3.8, 4) is 11.5 Å². The maximum absolute atomic E-state index is 11.6. The van der Waals surface area contributed by atoms with Crippen molar-refractivity contribution in [2.75, 3.05) is 7.11 Å². The van der Waals surface area contributed by atoms with E-state index in [1.165, 1.54) is 13.2 Å². The molecule has 92 valence electrons. The summed E-state index contributed by atoms with van der Waals surface area (Å²) in [6.07, 6.45) is 0.666. The summed E-state index contributed by atoms with van der Waals surface area (Å²) in [4.78, 5) is 22.3. The lowest BCUT2D eigenvalue weighted by Crippen LogP contribution is -2.29. The zero-order chi connectivity index (χ0) is 13.1. The molecule has 0 radical (unpaired) electrons. The van der Waals surface area contributed by atoms with Gasteiger partial charge in [0.1, 0.15) is 22.1 Å². The Morgan fingerprint density at radius 1 is 1.29 bits per heavy atom. The van der Waals surface area contributed by atoms with Crippen LogP contribution in [0.1, 0.15) is 24.2 Å². The molecule has 0 aliphatic rings. The summed E-state index contributed by atoms with van der Waals surface area (Å²) in [7, 11) is 1.48. The van der Waals surface area contributed by atoms with Gasteiger partial charge in [0.05, 0.1) is 7.11 Å². The van der Waals surface area contributed by atoms with Gasteiger partial charge in [0.2, 0.25) is 0 Å². The molecule has 0 heterocycles. The first kappa shape index (κ1) is 13.7. The average molecular weight is 301 g/mol. The van der Waals surface area contributed by atoms with Gasteiger partial charge in [-0.2, -0.15) is 0 Å². The van der Waals surface area contributed by atoms with Crippen LogP contribution in [-0.4, -0.2) is 23.7 Å². The van der Waals surface area contributed by atoms with Gasteiger partial charge >= 0.3 is 5.97 Å². The molecule has 0 saturated carbocycles. The molecule has 0 bridgehead atoms. The minimum atomic E-state index is -0.780. The number of rotatable bonds is 4. The molecule has 0 spiro atoms. The normalized spacial score (nSPS) is 10.8. The molecule has 0 fully saturated rings. The van der Waals surface area contributed by atoms with E-state index in [2.05, 4.69) is 15.9 Å². The van der Waals surface area contributed by atoms with E-state index >= 15 is 0 Å². The number of carbonyl (C=O) groups is 2. The van der Waals surface area contributed by atoms with Crippen molar-refractivity contribution in [3.05, 3.63) is 23.8 Å². The van der Waals surface area contributed by atoms with Gasteiger partial charge in [0, 0.05) is 11.6 Å². The molecule has 1 rings (SSSR count). The summed E-state index contributed by atoms with van der Waals surface area (Å²) in [5.74, 6) is 0.302. The van der Waals surface area contributed by atoms with Crippen LogP contribution in [0.4, 0.5) is 0 Å². The van der Waals surface area contributed by atoms with E-state index in [0.29, 0.717) is 17.6 Å². The van der Waals surface area contributed by atoms with E-state index in [4.69, 9.17) is 9.47 Å². The summed E-state index contributed by atoms with van der Waals surface area (Å²) in [5, 5.41) is 0. The molecule has 0 N–H and O–H groups in total. The lowest BCUT2D eigenvalue weighted by Gasteiger charge is -2.15. The first-order valence-electron chi connectivity index (χ1n) is 4.92. The van der Waals surface area contributed by atoms with Gasteiger partial charge in [-0.1, -0.05) is 15.9 Å². The summed E-state index contributed by atoms with van der Waals surface area (Å²) in [6.45, 7) is 3.35. The molecule has 1 aromatic carbocycles. The fraction of sp³-hybridized carbons (Fsp3) is 0.333. The van der Waals surface area contributed by atoms with Crippen molar-refractivity contribution < 1.29 is 19.1 Å². The van der Waals surface area contributed by atoms with Crippen LogP contribution in [0.15, 0.2) is 18.2 Å². The first-order chi connectivity index (χ1) is 7.86. The molecular weight excluding hydrogens is 288 g/mol. The van der Waals surface area contributed by atoms with Crippen LogP contribution in [0, 0.1) is 0 Å². The number of carbonyl (C=O) groups excluding carboxylic acids is 2. The number of esters is 1. The van der Waals surface area contributed by atoms with Gasteiger partial charge < -0.3 is 9.47 Å². The SMILES string of the molecule is COc1cc(C=O)cc(OC(=O)C(C)(C)Br)c1. The molecule has 0 saturated heterocycles. The second kappa shape index (κ2) is 5.31. The number of methoxy groups -OCH3 is 1. The van der Waals surface area contributed by atoms with Crippen LogP contribution in [0.2, 0.25) is 0 Å². The number of hydrogen-bond donors (Lipinski definition) is 0. The average Bonchev–Trinajstić information content (AvgIpc) is 2.27. The van der Waals surface area contributed by atoms with Gasteiger partial charge in [0.15, 0.2) is 0 Å². The van der Waals surface area contributed by atoms with E-state index in [9.17, 15) is 9.59 Å². The van der Waals surface area contributed by atoms with E-state index in [-0.39, 0.29) is 5.75 Å². The van der Waals surface area contributed by atoms with Gasteiger partial charge in [-0.3, -0.25) is 9.59 Å². The molecule has 0 aliphatic heterocycles. The fourth-order valence-corrected chi connectivity index (χ4v) is 1.15. The van der Waals surface area contributed by atoms with E-state index in [1.807, 2.05) is 0 Å². The number of alkyl halides is 1. The Morgan fingerprint density at radius 3 is 2.35 bits per heavy atom. The van der Waals surface area contributed by atoms with Crippen LogP contribution >= 0.6 is 15.9 Å². The predicted molar refractivity (Wildman–Crippen MR) is 67.0 cm³/mol. The first-order valence-corrected chi connectivity index (χ1v) is 5.71. The topological polar surface area (TPSA) is 52.6 Å². The molecule has 0 aliphatic carbocycles. The number of aldehydes is 1. The Kier molecular flexibility index (Phi) is 4.28. The molecule has 0 aromatic heterocycles. The number of ether oxygens (including phenoxy) is 2. The van der Waals surface area contributed by atoms with E-state index in [1.54, 1.807) is 26.0 Å². The van der Waals surface area contributed by atoms with Crippen LogP contribution in [0.3, 0.4) is 0 Å². The Morgan fingerprint density at radius 2 is 1.88 bits per heavy atom. The van der Waals surface area contributed by atoms with Gasteiger partial charge in [0.25, 0.3) is 0 Å². The Bertz CT molecular complexity index is 435. The Hall–Kier alpha value is -1.36. The maximum Gasteiger partial charge on any atom is 0.327 e. The number of halogens is 1. The van der Waals surface area contributed by atoms with Crippen LogP contribution in [0.5, 0.6) is 11.5 Å². The van der Waals surface area contributed by atoms with Crippen LogP contribution in [-0.2, 0) is 4.79 Å². The predicted octanol–water partition coefficient (Wildman–Crippen LogP) is 2.59. The quantitative estimate of drug-likeness (QED) is 0.371. The highest BCUT2D eigenvalue weighted by Gasteiger charge is 2.26. The third-order valence-electron chi connectivity index (χ3n) is 1.97. The lowest BCUT2D eigenvalue weighted by atomic mass is 10.2. The van der Waals surface area contributed by atoms with Crippen LogP contribution < -0.4 is 9.47 Å². The third kappa shape index (κ3) is 3.85. The van der Waals surface area contributed by atoms with Crippen molar-refractivity contribution in [2.24, 2.45) is 0 Å². The molecule has 1 aromatic rings. The van der Waals surface area contributed by atoms with Gasteiger partial charge in [-0.15, -0.1) is 0 Å². The summed E-state index contributed by atoms with van der Waals surface area (Å²) in [5.41, 5.74) is 0.388. The molecule has 5 heteroatoms. The van der Waals surface area contributed by atoms with Crippen molar-refractivity contribution in [3.63, 3.8) is 0 Å². The summed E-state index contributed by atoms with van der Waals surface area (Å²) in [6, 6.07) is 4.58. The van der Waals surface area contributed by atoms with E-state index < -0.39 is 10.3 Å². The van der Waals surface area contributed by atoms with Gasteiger partial charge in [-0.25, -0.2) is 0 Å². The molecule has 17 heavy (non-hydrogen) atoms. The van der Waals surface area contributed by atoms with Gasteiger partial charge in [-0.05, 0) is 26.0 Å². The Labute approximate surface area is 108 Å².